The Balaban J connectivity index is 1.66. The van der Waals surface area contributed by atoms with E-state index in [1.165, 1.54) is 38.5 Å². The molecule has 0 nitrogen and oxygen atoms in total. The van der Waals surface area contributed by atoms with Crippen molar-refractivity contribution < 1.29 is 0 Å². The molecule has 0 N–H and O–H groups in total. The lowest BCUT2D eigenvalue weighted by molar-refractivity contribution is -0.00914. The Labute approximate surface area is 147 Å². The quantitative estimate of drug-likeness (QED) is 0.572. The summed E-state index contributed by atoms with van der Waals surface area (Å²) in [6.07, 6.45) is 8.11. The highest BCUT2D eigenvalue weighted by atomic mass is 79.9. The molecule has 0 aliphatic heterocycles. The maximum atomic E-state index is 4.22. The molecule has 0 saturated heterocycles. The monoisotopic (exact) mass is 366 g/mol. The van der Waals surface area contributed by atoms with Crippen LogP contribution in [0.2, 0.25) is 0 Å². The predicted molar refractivity (Wildman–Crippen MR) is 99.1 cm³/mol. The molecule has 0 amide bonds. The standard InChI is InChI=1S/C22H23Br/c23-22-13-17-11-20(15-22,18-7-3-1-4-8-18)14-21(12-17,16-22)19-9-5-2-6-10-19/h1-10,17H,11-16H2. The molecule has 2 aromatic carbocycles. The highest BCUT2D eigenvalue weighted by Gasteiger charge is 2.63. The van der Waals surface area contributed by atoms with Gasteiger partial charge in [-0.1, -0.05) is 76.6 Å². The summed E-state index contributed by atoms with van der Waals surface area (Å²) in [7, 11) is 0. The molecule has 2 unspecified atom stereocenters. The van der Waals surface area contributed by atoms with Crippen LogP contribution in [-0.2, 0) is 10.8 Å². The molecule has 1 heteroatoms. The largest absolute Gasteiger partial charge is 0.0853 e. The third-order valence-corrected chi connectivity index (χ3v) is 7.66. The van der Waals surface area contributed by atoms with E-state index in [1.54, 1.807) is 11.1 Å². The second-order valence-corrected chi connectivity index (χ2v) is 10.1. The van der Waals surface area contributed by atoms with Crippen molar-refractivity contribution in [2.45, 2.75) is 53.7 Å². The normalized spacial score (nSPS) is 41.2. The minimum absolute atomic E-state index is 0.345. The van der Waals surface area contributed by atoms with E-state index in [-0.39, 0.29) is 0 Å². The number of hydrogen-bond acceptors (Lipinski definition) is 0. The van der Waals surface area contributed by atoms with Gasteiger partial charge in [0.2, 0.25) is 0 Å². The second kappa shape index (κ2) is 4.72. The lowest BCUT2D eigenvalue weighted by Gasteiger charge is -2.65. The Kier molecular flexibility index (Phi) is 2.93. The number of benzene rings is 2. The summed E-state index contributed by atoms with van der Waals surface area (Å²) in [4.78, 5) is 0. The molecule has 4 saturated carbocycles. The summed E-state index contributed by atoms with van der Waals surface area (Å²) in [6.45, 7) is 0. The van der Waals surface area contributed by atoms with Crippen LogP contribution in [-0.4, -0.2) is 4.32 Å². The van der Waals surface area contributed by atoms with Crippen LogP contribution < -0.4 is 0 Å². The topological polar surface area (TPSA) is 0 Å². The van der Waals surface area contributed by atoms with Crippen molar-refractivity contribution in [3.63, 3.8) is 0 Å². The van der Waals surface area contributed by atoms with Crippen molar-refractivity contribution in [2.75, 3.05) is 0 Å². The Hall–Kier alpha value is -1.08. The highest BCUT2D eigenvalue weighted by molar-refractivity contribution is 9.10. The van der Waals surface area contributed by atoms with Crippen LogP contribution in [0.15, 0.2) is 60.7 Å². The summed E-state index contributed by atoms with van der Waals surface area (Å²) in [5, 5.41) is 0. The lowest BCUT2D eigenvalue weighted by atomic mass is 9.41. The van der Waals surface area contributed by atoms with Crippen LogP contribution in [0.1, 0.15) is 49.7 Å². The van der Waals surface area contributed by atoms with Gasteiger partial charge >= 0.3 is 0 Å². The van der Waals surface area contributed by atoms with E-state index >= 15 is 0 Å². The van der Waals surface area contributed by atoms with Crippen molar-refractivity contribution in [1.82, 2.24) is 0 Å². The van der Waals surface area contributed by atoms with Gasteiger partial charge in [-0.05, 0) is 66.4 Å². The molecule has 4 fully saturated rings. The fraction of sp³-hybridized carbons (Fsp3) is 0.455. The van der Waals surface area contributed by atoms with E-state index in [0.717, 1.165) is 5.92 Å². The molecule has 118 valence electrons. The summed E-state index contributed by atoms with van der Waals surface area (Å²) in [5.74, 6) is 0.867. The molecule has 2 atom stereocenters. The van der Waals surface area contributed by atoms with E-state index in [0.29, 0.717) is 15.2 Å². The predicted octanol–water partition coefficient (Wildman–Crippen LogP) is 5.99. The third-order valence-electron chi connectivity index (χ3n) is 6.77. The maximum Gasteiger partial charge on any atom is 0.0277 e. The molecule has 6 rings (SSSR count). The van der Waals surface area contributed by atoms with E-state index in [9.17, 15) is 0 Å². The summed E-state index contributed by atoms with van der Waals surface area (Å²) >= 11 is 4.22. The zero-order valence-corrected chi connectivity index (χ0v) is 15.1. The van der Waals surface area contributed by atoms with Crippen molar-refractivity contribution in [2.24, 2.45) is 5.92 Å². The van der Waals surface area contributed by atoms with Gasteiger partial charge < -0.3 is 0 Å². The van der Waals surface area contributed by atoms with Gasteiger partial charge in [0.15, 0.2) is 0 Å². The Morgan fingerprint density at radius 1 is 0.652 bits per heavy atom. The van der Waals surface area contributed by atoms with E-state index in [2.05, 4.69) is 76.6 Å². The number of alkyl halides is 1. The van der Waals surface area contributed by atoms with Gasteiger partial charge in [-0.25, -0.2) is 0 Å². The fourth-order valence-corrected chi connectivity index (χ4v) is 8.08. The van der Waals surface area contributed by atoms with Gasteiger partial charge in [0, 0.05) is 4.32 Å². The SMILES string of the molecule is BrC12CC3CC(c4ccccc4)(C1)CC(c1ccccc1)(C3)C2. The average molecular weight is 367 g/mol. The summed E-state index contributed by atoms with van der Waals surface area (Å²) in [6, 6.07) is 22.7. The lowest BCUT2D eigenvalue weighted by Crippen LogP contribution is -2.61. The van der Waals surface area contributed by atoms with Crippen LogP contribution >= 0.6 is 15.9 Å². The fourth-order valence-electron chi connectivity index (χ4n) is 6.55. The zero-order chi connectivity index (χ0) is 15.5. The van der Waals surface area contributed by atoms with Crippen LogP contribution in [0.5, 0.6) is 0 Å². The number of rotatable bonds is 2. The molecule has 0 heterocycles. The first-order valence-corrected chi connectivity index (χ1v) is 9.71. The van der Waals surface area contributed by atoms with Gasteiger partial charge in [0.05, 0.1) is 0 Å². The van der Waals surface area contributed by atoms with Crippen LogP contribution in [0.25, 0.3) is 0 Å². The zero-order valence-electron chi connectivity index (χ0n) is 13.5. The summed E-state index contributed by atoms with van der Waals surface area (Å²) < 4.78 is 0.345. The van der Waals surface area contributed by atoms with Gasteiger partial charge in [0.25, 0.3) is 0 Å². The molecule has 2 aromatic rings. The molecular weight excluding hydrogens is 344 g/mol. The second-order valence-electron chi connectivity index (χ2n) is 8.45. The molecular formula is C22H23Br. The minimum Gasteiger partial charge on any atom is -0.0853 e. The molecule has 4 bridgehead atoms. The summed E-state index contributed by atoms with van der Waals surface area (Å²) in [5.41, 5.74) is 3.90. The van der Waals surface area contributed by atoms with E-state index in [4.69, 9.17) is 0 Å². The van der Waals surface area contributed by atoms with Crippen LogP contribution in [0.3, 0.4) is 0 Å². The first kappa shape index (κ1) is 14.3. The Morgan fingerprint density at radius 2 is 1.13 bits per heavy atom. The van der Waals surface area contributed by atoms with E-state index in [1.807, 2.05) is 0 Å². The van der Waals surface area contributed by atoms with Gasteiger partial charge in [-0.3, -0.25) is 0 Å². The average Bonchev–Trinajstić information content (AvgIpc) is 2.54. The molecule has 0 radical (unpaired) electrons. The number of hydrogen-bond donors (Lipinski definition) is 0. The first-order chi connectivity index (χ1) is 11.1. The van der Waals surface area contributed by atoms with Crippen molar-refractivity contribution in [3.05, 3.63) is 71.8 Å². The van der Waals surface area contributed by atoms with Gasteiger partial charge in [0.1, 0.15) is 0 Å². The van der Waals surface area contributed by atoms with Crippen molar-refractivity contribution in [1.29, 1.82) is 0 Å². The maximum absolute atomic E-state index is 4.22. The van der Waals surface area contributed by atoms with Crippen molar-refractivity contribution >= 4 is 15.9 Å². The molecule has 4 aliphatic carbocycles. The molecule has 23 heavy (non-hydrogen) atoms. The minimum atomic E-state index is 0.345. The number of halogens is 1. The highest BCUT2D eigenvalue weighted by Crippen LogP contribution is 2.69. The van der Waals surface area contributed by atoms with Crippen LogP contribution in [0, 0.1) is 5.92 Å². The Morgan fingerprint density at radius 3 is 1.57 bits per heavy atom. The Bertz CT molecular complexity index is 665. The van der Waals surface area contributed by atoms with Gasteiger partial charge in [-0.2, -0.15) is 0 Å². The molecule has 0 spiro atoms. The van der Waals surface area contributed by atoms with E-state index < -0.39 is 0 Å². The molecule has 0 aromatic heterocycles. The van der Waals surface area contributed by atoms with Crippen LogP contribution in [0.4, 0.5) is 0 Å². The van der Waals surface area contributed by atoms with Gasteiger partial charge in [-0.15, -0.1) is 0 Å². The molecule has 4 aliphatic rings. The van der Waals surface area contributed by atoms with Crippen molar-refractivity contribution in [3.8, 4) is 0 Å². The first-order valence-electron chi connectivity index (χ1n) is 8.92. The smallest absolute Gasteiger partial charge is 0.0277 e. The third kappa shape index (κ3) is 2.09.